The minimum absolute atomic E-state index is 0.105. The van der Waals surface area contributed by atoms with Gasteiger partial charge in [-0.25, -0.2) is 9.37 Å². The summed E-state index contributed by atoms with van der Waals surface area (Å²) < 4.78 is 13.7. The van der Waals surface area contributed by atoms with Crippen molar-refractivity contribution >= 4 is 21.6 Å². The Morgan fingerprint density at radius 2 is 1.94 bits per heavy atom. The van der Waals surface area contributed by atoms with Crippen molar-refractivity contribution in [2.45, 2.75) is 19.9 Å². The monoisotopic (exact) mass is 308 g/mol. The van der Waals surface area contributed by atoms with Crippen molar-refractivity contribution < 1.29 is 4.39 Å². The molecule has 1 aromatic carbocycles. The van der Waals surface area contributed by atoms with Crippen LogP contribution in [0.25, 0.3) is 0 Å². The van der Waals surface area contributed by atoms with E-state index in [2.05, 4.69) is 26.2 Å². The van der Waals surface area contributed by atoms with E-state index in [0.717, 1.165) is 21.4 Å². The van der Waals surface area contributed by atoms with Crippen LogP contribution in [0.3, 0.4) is 0 Å². The van der Waals surface area contributed by atoms with Gasteiger partial charge in [0.2, 0.25) is 0 Å². The molecule has 1 atom stereocenters. The first-order valence-electron chi connectivity index (χ1n) is 5.70. The van der Waals surface area contributed by atoms with Gasteiger partial charge >= 0.3 is 0 Å². The summed E-state index contributed by atoms with van der Waals surface area (Å²) in [6.07, 6.45) is 1.77. The lowest BCUT2D eigenvalue weighted by atomic mass is 10.1. The smallest absolute Gasteiger partial charge is 0.123 e. The topological polar surface area (TPSA) is 24.9 Å². The Labute approximate surface area is 114 Å². The van der Waals surface area contributed by atoms with Crippen molar-refractivity contribution in [3.8, 4) is 0 Å². The minimum Gasteiger partial charge on any atom is -0.377 e. The molecular weight excluding hydrogens is 295 g/mol. The van der Waals surface area contributed by atoms with Gasteiger partial charge in [0.25, 0.3) is 0 Å². The molecule has 1 heterocycles. The van der Waals surface area contributed by atoms with Gasteiger partial charge < -0.3 is 5.32 Å². The SMILES string of the molecule is Cc1cc(NC(C)c2ccc(F)cc2)cnc1Br. The van der Waals surface area contributed by atoms with Gasteiger partial charge in [-0.05, 0) is 59.1 Å². The highest BCUT2D eigenvalue weighted by molar-refractivity contribution is 9.10. The van der Waals surface area contributed by atoms with E-state index in [-0.39, 0.29) is 11.9 Å². The maximum atomic E-state index is 12.8. The number of aryl methyl sites for hydroxylation is 1. The van der Waals surface area contributed by atoms with E-state index < -0.39 is 0 Å². The van der Waals surface area contributed by atoms with Crippen LogP contribution < -0.4 is 5.32 Å². The van der Waals surface area contributed by atoms with Gasteiger partial charge in [-0.15, -0.1) is 0 Å². The fraction of sp³-hybridized carbons (Fsp3) is 0.214. The highest BCUT2D eigenvalue weighted by atomic mass is 79.9. The molecule has 0 aliphatic rings. The third-order valence-corrected chi connectivity index (χ3v) is 3.60. The number of hydrogen-bond acceptors (Lipinski definition) is 2. The molecule has 2 aromatic rings. The maximum Gasteiger partial charge on any atom is 0.123 e. The zero-order valence-corrected chi connectivity index (χ0v) is 11.8. The number of nitrogens with zero attached hydrogens (tertiary/aromatic N) is 1. The zero-order chi connectivity index (χ0) is 13.1. The standard InChI is InChI=1S/C14H14BrFN2/c1-9-7-13(8-17-14(9)15)18-10(2)11-3-5-12(16)6-4-11/h3-8,10,18H,1-2H3. The third kappa shape index (κ3) is 3.07. The summed E-state index contributed by atoms with van der Waals surface area (Å²) >= 11 is 3.37. The zero-order valence-electron chi connectivity index (χ0n) is 10.2. The van der Waals surface area contributed by atoms with Gasteiger partial charge in [0, 0.05) is 6.04 Å². The number of anilines is 1. The number of benzene rings is 1. The van der Waals surface area contributed by atoms with E-state index >= 15 is 0 Å². The predicted molar refractivity (Wildman–Crippen MR) is 75.1 cm³/mol. The summed E-state index contributed by atoms with van der Waals surface area (Å²) in [6, 6.07) is 8.64. The summed E-state index contributed by atoms with van der Waals surface area (Å²) in [7, 11) is 0. The first-order valence-corrected chi connectivity index (χ1v) is 6.49. The molecule has 0 saturated heterocycles. The highest BCUT2D eigenvalue weighted by Crippen LogP contribution is 2.22. The Morgan fingerprint density at radius 1 is 1.28 bits per heavy atom. The number of nitrogens with one attached hydrogen (secondary N) is 1. The van der Waals surface area contributed by atoms with Crippen LogP contribution >= 0.6 is 15.9 Å². The van der Waals surface area contributed by atoms with Gasteiger partial charge in [0.05, 0.1) is 11.9 Å². The first-order chi connectivity index (χ1) is 8.56. The van der Waals surface area contributed by atoms with Crippen LogP contribution in [0.15, 0.2) is 41.1 Å². The molecule has 0 radical (unpaired) electrons. The third-order valence-electron chi connectivity index (χ3n) is 2.77. The molecule has 1 aromatic heterocycles. The van der Waals surface area contributed by atoms with E-state index in [0.29, 0.717) is 0 Å². The van der Waals surface area contributed by atoms with Crippen LogP contribution in [0.4, 0.5) is 10.1 Å². The van der Waals surface area contributed by atoms with Gasteiger partial charge in [-0.3, -0.25) is 0 Å². The van der Waals surface area contributed by atoms with E-state index in [4.69, 9.17) is 0 Å². The van der Waals surface area contributed by atoms with Crippen molar-refractivity contribution in [3.05, 3.63) is 58.1 Å². The Morgan fingerprint density at radius 3 is 2.56 bits per heavy atom. The number of hydrogen-bond donors (Lipinski definition) is 1. The Hall–Kier alpha value is -1.42. The van der Waals surface area contributed by atoms with Gasteiger partial charge in [-0.1, -0.05) is 12.1 Å². The second kappa shape index (κ2) is 5.48. The lowest BCUT2D eigenvalue weighted by Gasteiger charge is -2.16. The van der Waals surface area contributed by atoms with Crippen molar-refractivity contribution in [1.82, 2.24) is 4.98 Å². The molecular formula is C14H14BrFN2. The van der Waals surface area contributed by atoms with Crippen molar-refractivity contribution in [2.24, 2.45) is 0 Å². The van der Waals surface area contributed by atoms with Gasteiger partial charge in [0.1, 0.15) is 10.4 Å². The molecule has 0 amide bonds. The Kier molecular flexibility index (Phi) is 3.97. The van der Waals surface area contributed by atoms with E-state index in [1.165, 1.54) is 12.1 Å². The molecule has 0 aliphatic heterocycles. The average molecular weight is 309 g/mol. The minimum atomic E-state index is -0.216. The molecule has 0 aliphatic carbocycles. The van der Waals surface area contributed by atoms with Crippen molar-refractivity contribution in [1.29, 1.82) is 0 Å². The van der Waals surface area contributed by atoms with E-state index in [1.807, 2.05) is 19.9 Å². The van der Waals surface area contributed by atoms with E-state index in [1.54, 1.807) is 18.3 Å². The summed E-state index contributed by atoms with van der Waals surface area (Å²) in [4.78, 5) is 4.23. The molecule has 4 heteroatoms. The van der Waals surface area contributed by atoms with Crippen LogP contribution in [0.5, 0.6) is 0 Å². The van der Waals surface area contributed by atoms with Crippen molar-refractivity contribution in [2.75, 3.05) is 5.32 Å². The highest BCUT2D eigenvalue weighted by Gasteiger charge is 2.06. The largest absolute Gasteiger partial charge is 0.377 e. The Bertz CT molecular complexity index is 540. The maximum absolute atomic E-state index is 12.8. The van der Waals surface area contributed by atoms with Gasteiger partial charge in [-0.2, -0.15) is 0 Å². The van der Waals surface area contributed by atoms with Crippen LogP contribution in [0.2, 0.25) is 0 Å². The molecule has 1 N–H and O–H groups in total. The summed E-state index contributed by atoms with van der Waals surface area (Å²) in [5, 5.41) is 3.34. The number of aromatic nitrogens is 1. The molecule has 2 rings (SSSR count). The van der Waals surface area contributed by atoms with Crippen LogP contribution in [0.1, 0.15) is 24.1 Å². The molecule has 0 bridgehead atoms. The first kappa shape index (κ1) is 13.0. The summed E-state index contributed by atoms with van der Waals surface area (Å²) in [6.45, 7) is 4.02. The van der Waals surface area contributed by atoms with Crippen LogP contribution in [0, 0.1) is 12.7 Å². The molecule has 2 nitrogen and oxygen atoms in total. The van der Waals surface area contributed by atoms with E-state index in [9.17, 15) is 4.39 Å². The second-order valence-electron chi connectivity index (χ2n) is 4.25. The molecule has 18 heavy (non-hydrogen) atoms. The average Bonchev–Trinajstić information content (AvgIpc) is 2.34. The normalized spacial score (nSPS) is 12.2. The predicted octanol–water partition coefficient (Wildman–Crippen LogP) is 4.46. The summed E-state index contributed by atoms with van der Waals surface area (Å²) in [5.41, 5.74) is 3.07. The second-order valence-corrected chi connectivity index (χ2v) is 5.00. The Balaban J connectivity index is 2.13. The number of rotatable bonds is 3. The quantitative estimate of drug-likeness (QED) is 0.847. The molecule has 0 saturated carbocycles. The fourth-order valence-corrected chi connectivity index (χ4v) is 1.94. The number of pyridine rings is 1. The molecule has 1 unspecified atom stereocenters. The lowest BCUT2D eigenvalue weighted by Crippen LogP contribution is -2.07. The lowest BCUT2D eigenvalue weighted by molar-refractivity contribution is 0.626. The van der Waals surface area contributed by atoms with Gasteiger partial charge in [0.15, 0.2) is 0 Å². The molecule has 0 fully saturated rings. The number of halogens is 2. The molecule has 94 valence electrons. The fourth-order valence-electron chi connectivity index (χ4n) is 1.72. The summed E-state index contributed by atoms with van der Waals surface area (Å²) in [5.74, 6) is -0.216. The van der Waals surface area contributed by atoms with Crippen LogP contribution in [-0.2, 0) is 0 Å². The van der Waals surface area contributed by atoms with Crippen molar-refractivity contribution in [3.63, 3.8) is 0 Å². The van der Waals surface area contributed by atoms with Crippen LogP contribution in [-0.4, -0.2) is 4.98 Å². The molecule has 0 spiro atoms.